The Bertz CT molecular complexity index is 923. The van der Waals surface area contributed by atoms with E-state index >= 15 is 0 Å². The summed E-state index contributed by atoms with van der Waals surface area (Å²) in [6, 6.07) is -1.56. The van der Waals surface area contributed by atoms with Gasteiger partial charge >= 0.3 is 0 Å². The van der Waals surface area contributed by atoms with E-state index in [1.807, 2.05) is 34.6 Å². The Morgan fingerprint density at radius 1 is 1.11 bits per heavy atom. The summed E-state index contributed by atoms with van der Waals surface area (Å²) in [4.78, 5) is 53.1. The molecule has 4 atom stereocenters. The highest BCUT2D eigenvalue weighted by molar-refractivity contribution is 5.94. The van der Waals surface area contributed by atoms with Crippen LogP contribution in [-0.4, -0.2) is 54.1 Å². The number of carbonyl (C=O) groups excluding carboxylic acids is 4. The Labute approximate surface area is 217 Å². The van der Waals surface area contributed by atoms with Gasteiger partial charge in [-0.1, -0.05) is 77.0 Å². The molecule has 0 saturated carbocycles. The molecule has 1 saturated heterocycles. The number of ketones is 1. The molecule has 0 spiro atoms. The maximum atomic E-state index is 13.0. The van der Waals surface area contributed by atoms with Crippen LogP contribution < -0.4 is 10.6 Å². The molecule has 0 bridgehead atoms. The first kappa shape index (κ1) is 31.3. The first-order chi connectivity index (χ1) is 16.4. The molecule has 1 heterocycles. The first-order valence-electron chi connectivity index (χ1n) is 12.8. The molecule has 1 aliphatic heterocycles. The fraction of sp³-hybridized carbons (Fsp3) is 0.655. The van der Waals surface area contributed by atoms with Crippen LogP contribution in [0.4, 0.5) is 0 Å². The second kappa shape index (κ2) is 13.0. The summed E-state index contributed by atoms with van der Waals surface area (Å²) >= 11 is 0. The number of carbonyl (C=O) groups is 4. The van der Waals surface area contributed by atoms with Crippen LogP contribution in [0.1, 0.15) is 75.2 Å². The van der Waals surface area contributed by atoms with Gasteiger partial charge in [-0.3, -0.25) is 19.2 Å². The molecule has 0 aliphatic carbocycles. The smallest absolute Gasteiger partial charge is 0.245 e. The van der Waals surface area contributed by atoms with Gasteiger partial charge in [-0.2, -0.15) is 0 Å². The number of allylic oxidation sites excluding steroid dienone is 4. The molecule has 0 aromatic rings. The molecule has 36 heavy (non-hydrogen) atoms. The monoisotopic (exact) mass is 501 g/mol. The molecule has 3 amide bonds. The van der Waals surface area contributed by atoms with E-state index in [-0.39, 0.29) is 66.1 Å². The Morgan fingerprint density at radius 2 is 1.69 bits per heavy atom. The van der Waals surface area contributed by atoms with Crippen molar-refractivity contribution in [3.63, 3.8) is 0 Å². The van der Waals surface area contributed by atoms with E-state index in [0.717, 1.165) is 11.1 Å². The molecular weight excluding hydrogens is 454 g/mol. The van der Waals surface area contributed by atoms with Crippen LogP contribution in [0.3, 0.4) is 0 Å². The normalized spacial score (nSPS) is 27.0. The predicted octanol–water partition coefficient (Wildman–Crippen LogP) is 4.20. The topological polar surface area (TPSA) is 95.6 Å². The van der Waals surface area contributed by atoms with Crippen LogP contribution in [-0.2, 0) is 19.2 Å². The fourth-order valence-electron chi connectivity index (χ4n) is 4.91. The molecule has 4 unspecified atom stereocenters. The van der Waals surface area contributed by atoms with Crippen molar-refractivity contribution in [2.75, 3.05) is 13.6 Å². The minimum absolute atomic E-state index is 0.0181. The third-order valence-corrected chi connectivity index (χ3v) is 6.66. The third-order valence-electron chi connectivity index (χ3n) is 6.66. The van der Waals surface area contributed by atoms with Gasteiger partial charge in [-0.15, -0.1) is 0 Å². The summed E-state index contributed by atoms with van der Waals surface area (Å²) in [6.07, 6.45) is 4.54. The zero-order valence-electron chi connectivity index (χ0n) is 24.0. The van der Waals surface area contributed by atoms with Gasteiger partial charge in [0.1, 0.15) is 12.1 Å². The number of hydrogen-bond acceptors (Lipinski definition) is 4. The average molecular weight is 502 g/mol. The van der Waals surface area contributed by atoms with Crippen molar-refractivity contribution in [1.82, 2.24) is 15.5 Å². The maximum Gasteiger partial charge on any atom is 0.245 e. The summed E-state index contributed by atoms with van der Waals surface area (Å²) in [5.41, 5.74) is 2.84. The highest BCUT2D eigenvalue weighted by Crippen LogP contribution is 2.32. The highest BCUT2D eigenvalue weighted by atomic mass is 16.2. The van der Waals surface area contributed by atoms with Gasteiger partial charge in [0.2, 0.25) is 17.7 Å². The standard InChI is InChI=1S/C29H47N3O4/c1-17(2)26-27(35)30-16-23(33)14-24(20(5)12-18(3)15-29(8,9)10)21(6)19(4)13-25(34)31-22(7)28(36)32(26)11/h12,15,17,21-22,24,26H,4,13-14,16H2,1-3,5-11H3,(H,30,35)(H,31,34). The zero-order chi connectivity index (χ0) is 28.0. The third kappa shape index (κ3) is 9.40. The summed E-state index contributed by atoms with van der Waals surface area (Å²) in [7, 11) is 1.55. The van der Waals surface area contributed by atoms with Gasteiger partial charge in [0.25, 0.3) is 0 Å². The van der Waals surface area contributed by atoms with E-state index in [4.69, 9.17) is 0 Å². The lowest BCUT2D eigenvalue weighted by Gasteiger charge is -2.32. The van der Waals surface area contributed by atoms with Gasteiger partial charge in [-0.25, -0.2) is 0 Å². The first-order valence-corrected chi connectivity index (χ1v) is 12.8. The van der Waals surface area contributed by atoms with Crippen molar-refractivity contribution in [2.24, 2.45) is 23.2 Å². The second-order valence-electron chi connectivity index (χ2n) is 11.8. The largest absolute Gasteiger partial charge is 0.347 e. The number of nitrogens with zero attached hydrogens (tertiary/aromatic N) is 1. The van der Waals surface area contributed by atoms with Crippen LogP contribution in [0.25, 0.3) is 0 Å². The zero-order valence-corrected chi connectivity index (χ0v) is 24.0. The van der Waals surface area contributed by atoms with E-state index in [9.17, 15) is 19.2 Å². The quantitative estimate of drug-likeness (QED) is 0.448. The molecule has 2 N–H and O–H groups in total. The van der Waals surface area contributed by atoms with Crippen LogP contribution in [0.2, 0.25) is 0 Å². The lowest BCUT2D eigenvalue weighted by atomic mass is 9.78. The summed E-state index contributed by atoms with van der Waals surface area (Å²) in [5, 5.41) is 5.49. The van der Waals surface area contributed by atoms with Gasteiger partial charge in [-0.05, 0) is 43.9 Å². The van der Waals surface area contributed by atoms with Gasteiger partial charge in [0.15, 0.2) is 5.78 Å². The van der Waals surface area contributed by atoms with Crippen LogP contribution in [0.15, 0.2) is 35.5 Å². The van der Waals surface area contributed by atoms with Crippen molar-refractivity contribution < 1.29 is 19.2 Å². The Morgan fingerprint density at radius 3 is 2.22 bits per heavy atom. The number of hydrogen-bond donors (Lipinski definition) is 2. The summed E-state index contributed by atoms with van der Waals surface area (Å²) in [5.74, 6) is -1.67. The van der Waals surface area contributed by atoms with Gasteiger partial charge in [0.05, 0.1) is 6.54 Å². The lowest BCUT2D eigenvalue weighted by molar-refractivity contribution is -0.143. The Hall–Kier alpha value is -2.70. The number of likely N-dealkylation sites (N-methyl/N-ethyl adjacent to an activating group) is 1. The molecule has 7 heteroatoms. The predicted molar refractivity (Wildman–Crippen MR) is 145 cm³/mol. The van der Waals surface area contributed by atoms with Crippen molar-refractivity contribution in [1.29, 1.82) is 0 Å². The second-order valence-corrected chi connectivity index (χ2v) is 11.8. The Balaban J connectivity index is 3.40. The summed E-state index contributed by atoms with van der Waals surface area (Å²) in [6.45, 7) is 21.7. The van der Waals surface area contributed by atoms with Gasteiger partial charge in [0, 0.05) is 19.9 Å². The van der Waals surface area contributed by atoms with E-state index in [1.165, 1.54) is 4.90 Å². The number of rotatable bonds is 3. The molecule has 7 nitrogen and oxygen atoms in total. The van der Waals surface area contributed by atoms with E-state index in [0.29, 0.717) is 5.57 Å². The molecule has 1 rings (SSSR count). The van der Waals surface area contributed by atoms with E-state index < -0.39 is 12.1 Å². The van der Waals surface area contributed by atoms with Crippen LogP contribution >= 0.6 is 0 Å². The molecule has 202 valence electrons. The van der Waals surface area contributed by atoms with Gasteiger partial charge < -0.3 is 15.5 Å². The number of Topliss-reactive ketones (excluding diaryl/α,β-unsaturated/α-hetero) is 1. The molecule has 0 aromatic carbocycles. The molecule has 0 aromatic heterocycles. The van der Waals surface area contributed by atoms with Crippen LogP contribution in [0, 0.1) is 23.2 Å². The van der Waals surface area contributed by atoms with E-state index in [1.54, 1.807) is 14.0 Å². The minimum Gasteiger partial charge on any atom is -0.347 e. The number of nitrogens with one attached hydrogen (secondary N) is 2. The molecule has 1 aliphatic rings. The average Bonchev–Trinajstić information content (AvgIpc) is 2.72. The molecule has 1 fully saturated rings. The van der Waals surface area contributed by atoms with Crippen molar-refractivity contribution in [3.8, 4) is 0 Å². The van der Waals surface area contributed by atoms with Crippen LogP contribution in [0.5, 0.6) is 0 Å². The van der Waals surface area contributed by atoms with E-state index in [2.05, 4.69) is 50.1 Å². The molecule has 0 radical (unpaired) electrons. The molecular formula is C29H47N3O4. The van der Waals surface area contributed by atoms with Crippen molar-refractivity contribution in [3.05, 3.63) is 35.5 Å². The maximum absolute atomic E-state index is 13.0. The number of amides is 3. The highest BCUT2D eigenvalue weighted by Gasteiger charge is 2.33. The minimum atomic E-state index is -0.797. The Kier molecular flexibility index (Phi) is 11.3. The van der Waals surface area contributed by atoms with Crippen molar-refractivity contribution >= 4 is 23.5 Å². The SMILES string of the molecule is C=C1CC(=O)NC(C)C(=O)N(C)C(C(C)C)C(=O)NCC(=O)CC(C(C)=CC(C)=CC(C)(C)C)C1C. The lowest BCUT2D eigenvalue weighted by Crippen LogP contribution is -2.55. The van der Waals surface area contributed by atoms with Crippen molar-refractivity contribution in [2.45, 2.75) is 87.2 Å². The fourth-order valence-corrected chi connectivity index (χ4v) is 4.91. The summed E-state index contributed by atoms with van der Waals surface area (Å²) < 4.78 is 0.